The van der Waals surface area contributed by atoms with Crippen LogP contribution in [0.5, 0.6) is 5.75 Å². The predicted molar refractivity (Wildman–Crippen MR) is 149 cm³/mol. The van der Waals surface area contributed by atoms with E-state index in [-0.39, 0.29) is 11.8 Å². The fraction of sp³-hybridized carbons (Fsp3) is 0.167. The quantitative estimate of drug-likeness (QED) is 0.312. The van der Waals surface area contributed by atoms with Crippen LogP contribution in [-0.2, 0) is 4.79 Å². The van der Waals surface area contributed by atoms with Gasteiger partial charge in [0.1, 0.15) is 23.2 Å². The number of anilines is 3. The fourth-order valence-corrected chi connectivity index (χ4v) is 4.67. The molecule has 0 radical (unpaired) electrons. The van der Waals surface area contributed by atoms with E-state index in [0.29, 0.717) is 34.1 Å². The van der Waals surface area contributed by atoms with Crippen LogP contribution in [0.2, 0.25) is 0 Å². The van der Waals surface area contributed by atoms with E-state index in [9.17, 15) is 9.59 Å². The molecule has 38 heavy (non-hydrogen) atoms. The van der Waals surface area contributed by atoms with Crippen LogP contribution in [0.4, 0.5) is 17.2 Å². The van der Waals surface area contributed by atoms with Crippen molar-refractivity contribution in [3.63, 3.8) is 0 Å². The third-order valence-electron chi connectivity index (χ3n) is 6.61. The zero-order chi connectivity index (χ0) is 26.8. The number of para-hydroxylation sites is 1. The van der Waals surface area contributed by atoms with Gasteiger partial charge in [-0.2, -0.15) is 5.10 Å². The van der Waals surface area contributed by atoms with Crippen molar-refractivity contribution in [3.8, 4) is 5.75 Å². The molecule has 8 nitrogen and oxygen atoms in total. The molecule has 1 aliphatic heterocycles. The first-order chi connectivity index (χ1) is 18.4. The summed E-state index contributed by atoms with van der Waals surface area (Å²) in [6.45, 7) is 5.82. The summed E-state index contributed by atoms with van der Waals surface area (Å²) in [5.41, 5.74) is 5.85. The van der Waals surface area contributed by atoms with E-state index in [1.54, 1.807) is 11.8 Å². The average molecular weight is 508 g/mol. The van der Waals surface area contributed by atoms with E-state index in [4.69, 9.17) is 4.74 Å². The number of nitrogens with one attached hydrogen (secondary N) is 3. The fourth-order valence-electron chi connectivity index (χ4n) is 4.67. The number of fused-ring (bicyclic) bond motifs is 1. The van der Waals surface area contributed by atoms with Gasteiger partial charge in [-0.05, 0) is 62.2 Å². The third-order valence-corrected chi connectivity index (χ3v) is 6.61. The molecular weight excluding hydrogens is 478 g/mol. The van der Waals surface area contributed by atoms with Gasteiger partial charge in [0.2, 0.25) is 0 Å². The molecule has 0 fully saturated rings. The standard InChI is InChI=1S/C30H29N5O3/c1-18-10-15-25(19(2)16-18)34-30(37)26-20(3)32-28-24(29(36)33-22-8-6-5-7-9-22)17-31-35(28)27(26)21-11-13-23(38-4)14-12-21/h5-17,27,32H,1-4H3,(H,33,36)(H,34,37)/t27-/m0/s1. The van der Waals surface area contributed by atoms with E-state index < -0.39 is 6.04 Å². The summed E-state index contributed by atoms with van der Waals surface area (Å²) in [7, 11) is 1.61. The van der Waals surface area contributed by atoms with E-state index in [1.807, 2.05) is 93.6 Å². The van der Waals surface area contributed by atoms with Gasteiger partial charge in [-0.3, -0.25) is 9.59 Å². The number of hydrogen-bond acceptors (Lipinski definition) is 5. The number of benzene rings is 3. The Kier molecular flexibility index (Phi) is 6.70. The van der Waals surface area contributed by atoms with Crippen LogP contribution >= 0.6 is 0 Å². The number of aromatic nitrogens is 2. The summed E-state index contributed by atoms with van der Waals surface area (Å²) in [6.07, 6.45) is 1.52. The second kappa shape index (κ2) is 10.3. The minimum atomic E-state index is -0.568. The number of ether oxygens (including phenoxy) is 1. The first kappa shape index (κ1) is 24.8. The molecule has 3 N–H and O–H groups in total. The minimum Gasteiger partial charge on any atom is -0.497 e. The van der Waals surface area contributed by atoms with E-state index >= 15 is 0 Å². The molecule has 5 rings (SSSR count). The van der Waals surface area contributed by atoms with Crippen molar-refractivity contribution in [2.24, 2.45) is 0 Å². The molecule has 0 spiro atoms. The van der Waals surface area contributed by atoms with Gasteiger partial charge in [0.15, 0.2) is 0 Å². The Bertz CT molecular complexity index is 1540. The van der Waals surface area contributed by atoms with Crippen molar-refractivity contribution in [2.45, 2.75) is 26.8 Å². The second-order valence-corrected chi connectivity index (χ2v) is 9.28. The topological polar surface area (TPSA) is 97.3 Å². The summed E-state index contributed by atoms with van der Waals surface area (Å²) in [5.74, 6) is 0.668. The van der Waals surface area contributed by atoms with Crippen molar-refractivity contribution in [2.75, 3.05) is 23.1 Å². The van der Waals surface area contributed by atoms with Gasteiger partial charge in [0.25, 0.3) is 11.8 Å². The maximum Gasteiger partial charge on any atom is 0.261 e. The first-order valence-corrected chi connectivity index (χ1v) is 12.3. The summed E-state index contributed by atoms with van der Waals surface area (Å²) >= 11 is 0. The molecule has 0 saturated heterocycles. The monoisotopic (exact) mass is 507 g/mol. The van der Waals surface area contributed by atoms with Crippen LogP contribution in [-0.4, -0.2) is 28.7 Å². The molecule has 1 aromatic heterocycles. The van der Waals surface area contributed by atoms with Crippen molar-refractivity contribution in [1.29, 1.82) is 0 Å². The lowest BCUT2D eigenvalue weighted by Gasteiger charge is -2.30. The molecule has 0 unspecified atom stereocenters. The van der Waals surface area contributed by atoms with Crippen molar-refractivity contribution in [1.82, 2.24) is 9.78 Å². The Balaban J connectivity index is 1.55. The number of hydrogen-bond donors (Lipinski definition) is 3. The van der Waals surface area contributed by atoms with Crippen LogP contribution < -0.4 is 20.7 Å². The molecule has 1 aliphatic rings. The third kappa shape index (κ3) is 4.76. The lowest BCUT2D eigenvalue weighted by Crippen LogP contribution is -2.32. The van der Waals surface area contributed by atoms with Crippen LogP contribution in [0.3, 0.4) is 0 Å². The molecule has 2 heterocycles. The molecular formula is C30H29N5O3. The number of amides is 2. The number of allylic oxidation sites excluding steroid dienone is 1. The van der Waals surface area contributed by atoms with Gasteiger partial charge in [-0.25, -0.2) is 4.68 Å². The van der Waals surface area contributed by atoms with E-state index in [1.165, 1.54) is 6.20 Å². The summed E-state index contributed by atoms with van der Waals surface area (Å²) in [6, 6.07) is 22.1. The molecule has 0 bridgehead atoms. The second-order valence-electron chi connectivity index (χ2n) is 9.28. The lowest BCUT2D eigenvalue weighted by molar-refractivity contribution is -0.113. The highest BCUT2D eigenvalue weighted by Crippen LogP contribution is 2.38. The van der Waals surface area contributed by atoms with Crippen molar-refractivity contribution >= 4 is 29.0 Å². The lowest BCUT2D eigenvalue weighted by atomic mass is 9.94. The van der Waals surface area contributed by atoms with Crippen LogP contribution in [0.1, 0.15) is 40.0 Å². The number of methoxy groups -OCH3 is 1. The molecule has 0 aliphatic carbocycles. The Morgan fingerprint density at radius 3 is 2.34 bits per heavy atom. The number of nitrogens with zero attached hydrogens (tertiary/aromatic N) is 2. The molecule has 2 amide bonds. The minimum absolute atomic E-state index is 0.251. The number of carbonyl (C=O) groups excluding carboxylic acids is 2. The molecule has 192 valence electrons. The molecule has 4 aromatic rings. The van der Waals surface area contributed by atoms with Crippen LogP contribution in [0, 0.1) is 13.8 Å². The average Bonchev–Trinajstić information content (AvgIpc) is 3.33. The highest BCUT2D eigenvalue weighted by molar-refractivity contribution is 6.09. The zero-order valence-electron chi connectivity index (χ0n) is 21.7. The van der Waals surface area contributed by atoms with Crippen LogP contribution in [0.25, 0.3) is 0 Å². The number of carbonyl (C=O) groups is 2. The Labute approximate surface area is 221 Å². The summed E-state index contributed by atoms with van der Waals surface area (Å²) in [4.78, 5) is 26.9. The summed E-state index contributed by atoms with van der Waals surface area (Å²) < 4.78 is 7.02. The number of rotatable bonds is 6. The smallest absolute Gasteiger partial charge is 0.261 e. The van der Waals surface area contributed by atoms with Gasteiger partial charge in [0.05, 0.1) is 18.9 Å². The highest BCUT2D eigenvalue weighted by Gasteiger charge is 2.35. The Hall–Kier alpha value is -4.85. The SMILES string of the molecule is COc1ccc([C@H]2C(C(=O)Nc3ccc(C)cc3C)=C(C)Nc3c(C(=O)Nc4ccccc4)cnn32)cc1. The molecule has 1 atom stereocenters. The molecule has 0 saturated carbocycles. The van der Waals surface area contributed by atoms with Crippen molar-refractivity contribution < 1.29 is 14.3 Å². The molecule has 8 heteroatoms. The Morgan fingerprint density at radius 2 is 1.66 bits per heavy atom. The summed E-state index contributed by atoms with van der Waals surface area (Å²) in [5, 5.41) is 13.8. The maximum atomic E-state index is 13.8. The van der Waals surface area contributed by atoms with Gasteiger partial charge in [-0.1, -0.05) is 48.0 Å². The van der Waals surface area contributed by atoms with Crippen molar-refractivity contribution in [3.05, 3.63) is 113 Å². The zero-order valence-corrected chi connectivity index (χ0v) is 21.7. The van der Waals surface area contributed by atoms with Gasteiger partial charge < -0.3 is 20.7 Å². The maximum absolute atomic E-state index is 13.8. The van der Waals surface area contributed by atoms with Gasteiger partial charge in [0, 0.05) is 17.1 Å². The number of aryl methyl sites for hydroxylation is 2. The van der Waals surface area contributed by atoms with E-state index in [2.05, 4.69) is 21.0 Å². The first-order valence-electron chi connectivity index (χ1n) is 12.3. The largest absolute Gasteiger partial charge is 0.497 e. The van der Waals surface area contributed by atoms with E-state index in [0.717, 1.165) is 22.4 Å². The van der Waals surface area contributed by atoms with Crippen LogP contribution in [0.15, 0.2) is 90.3 Å². The van der Waals surface area contributed by atoms with Gasteiger partial charge in [-0.15, -0.1) is 0 Å². The highest BCUT2D eigenvalue weighted by atomic mass is 16.5. The predicted octanol–water partition coefficient (Wildman–Crippen LogP) is 5.69. The normalized spacial score (nSPS) is 14.4. The molecule has 3 aromatic carbocycles. The van der Waals surface area contributed by atoms with Gasteiger partial charge >= 0.3 is 0 Å². The Morgan fingerprint density at radius 1 is 0.921 bits per heavy atom.